The third kappa shape index (κ3) is 7.23. The Morgan fingerprint density at radius 2 is 1.81 bits per heavy atom. The summed E-state index contributed by atoms with van der Waals surface area (Å²) in [6.07, 6.45) is 14.0. The van der Waals surface area contributed by atoms with Crippen LogP contribution < -0.4 is 15.5 Å². The van der Waals surface area contributed by atoms with E-state index in [0.717, 1.165) is 68.5 Å². The first-order valence-corrected chi connectivity index (χ1v) is 18.6. The van der Waals surface area contributed by atoms with Gasteiger partial charge in [0, 0.05) is 48.8 Å². The van der Waals surface area contributed by atoms with Crippen LogP contribution in [0.4, 0.5) is 16.2 Å². The Hall–Kier alpha value is -6.19. The highest BCUT2D eigenvalue weighted by molar-refractivity contribution is 6.05. The number of carbonyl (C=O) groups excluding carboxylic acids is 2. The van der Waals surface area contributed by atoms with E-state index in [4.69, 9.17) is 0 Å². The van der Waals surface area contributed by atoms with E-state index >= 15 is 0 Å². The first-order chi connectivity index (χ1) is 26.3. The molecule has 0 radical (unpaired) electrons. The van der Waals surface area contributed by atoms with E-state index < -0.39 is 6.04 Å². The van der Waals surface area contributed by atoms with Crippen molar-refractivity contribution < 1.29 is 9.59 Å². The summed E-state index contributed by atoms with van der Waals surface area (Å²) in [6.45, 7) is 5.45. The minimum Gasteiger partial charge on any atom is -0.368 e. The van der Waals surface area contributed by atoms with E-state index in [1.54, 1.807) is 39.6 Å². The molecule has 3 aliphatic rings. The molecule has 0 bridgehead atoms. The van der Waals surface area contributed by atoms with Gasteiger partial charge >= 0.3 is 6.03 Å². The van der Waals surface area contributed by atoms with Gasteiger partial charge in [-0.1, -0.05) is 17.3 Å². The fourth-order valence-electron chi connectivity index (χ4n) is 8.00. The predicted molar refractivity (Wildman–Crippen MR) is 200 cm³/mol. The number of pyridine rings is 2. The van der Waals surface area contributed by atoms with Crippen LogP contribution >= 0.6 is 0 Å². The van der Waals surface area contributed by atoms with E-state index in [2.05, 4.69) is 65.2 Å². The molecule has 15 heteroatoms. The summed E-state index contributed by atoms with van der Waals surface area (Å²) in [5.74, 6) is 1.81. The molecule has 6 heterocycles. The minimum atomic E-state index is -0.467. The number of nitrogens with one attached hydrogen (secondary N) is 2. The molecule has 2 atom stereocenters. The Kier molecular flexibility index (Phi) is 9.71. The van der Waals surface area contributed by atoms with Crippen molar-refractivity contribution in [2.75, 3.05) is 36.4 Å². The van der Waals surface area contributed by atoms with Gasteiger partial charge in [-0.15, -0.1) is 5.10 Å². The lowest BCUT2D eigenvalue weighted by molar-refractivity contribution is -0.120. The maximum atomic E-state index is 12.2. The first-order valence-electron chi connectivity index (χ1n) is 18.6. The van der Waals surface area contributed by atoms with E-state index in [0.29, 0.717) is 59.1 Å². The zero-order valence-corrected chi connectivity index (χ0v) is 30.1. The van der Waals surface area contributed by atoms with Crippen LogP contribution in [0.2, 0.25) is 0 Å². The maximum absolute atomic E-state index is 12.2. The molecule has 0 spiro atoms. The number of urea groups is 1. The second-order valence-electron chi connectivity index (χ2n) is 14.6. The summed E-state index contributed by atoms with van der Waals surface area (Å²) in [5.41, 5.74) is 5.47. The fraction of sp³-hybridized carbons (Fsp3) is 0.410. The number of fused-ring (bicyclic) bond motifs is 1. The second kappa shape index (κ2) is 15.0. The van der Waals surface area contributed by atoms with Crippen molar-refractivity contribution in [1.29, 1.82) is 10.5 Å². The number of nitrogens with zero attached hydrogens (tertiary/aromatic N) is 11. The number of amides is 3. The highest BCUT2D eigenvalue weighted by atomic mass is 16.2. The number of anilines is 2. The normalized spacial score (nSPS) is 21.1. The Morgan fingerprint density at radius 1 is 0.981 bits per heavy atom. The zero-order valence-electron chi connectivity index (χ0n) is 30.1. The van der Waals surface area contributed by atoms with Crippen LogP contribution in [0, 0.1) is 28.6 Å². The smallest absolute Gasteiger partial charge is 0.328 e. The molecule has 3 fully saturated rings. The van der Waals surface area contributed by atoms with Crippen molar-refractivity contribution >= 4 is 34.3 Å². The third-order valence-corrected chi connectivity index (χ3v) is 11.1. The van der Waals surface area contributed by atoms with E-state index in [-0.39, 0.29) is 11.9 Å². The Morgan fingerprint density at radius 3 is 2.59 bits per heavy atom. The number of carbonyl (C=O) groups is 2. The largest absolute Gasteiger partial charge is 0.368 e. The average Bonchev–Trinajstić information content (AvgIpc) is 3.98. The van der Waals surface area contributed by atoms with Gasteiger partial charge in [-0.25, -0.2) is 19.4 Å². The van der Waals surface area contributed by atoms with Gasteiger partial charge < -0.3 is 10.2 Å². The molecular weight excluding hydrogens is 683 g/mol. The fourth-order valence-corrected chi connectivity index (χ4v) is 8.00. The van der Waals surface area contributed by atoms with Crippen molar-refractivity contribution in [3.05, 3.63) is 78.0 Å². The number of hydrogen-bond acceptors (Lipinski definition) is 11. The van der Waals surface area contributed by atoms with Crippen LogP contribution in [-0.2, 0) is 4.79 Å². The number of imide groups is 1. The summed E-state index contributed by atoms with van der Waals surface area (Å²) >= 11 is 0. The Bertz CT molecular complexity index is 2260. The summed E-state index contributed by atoms with van der Waals surface area (Å²) in [5, 5.41) is 38.7. The Labute approximate surface area is 312 Å². The highest BCUT2D eigenvalue weighted by Gasteiger charge is 2.29. The molecule has 5 aromatic rings. The summed E-state index contributed by atoms with van der Waals surface area (Å²) < 4.78 is 3.34. The lowest BCUT2D eigenvalue weighted by Crippen LogP contribution is -2.49. The summed E-state index contributed by atoms with van der Waals surface area (Å²) in [4.78, 5) is 37.0. The SMILES string of the molecule is C[C@H](C#N)Nc1cc(-n2ncc3cc(C#N)cnc32)ncc1-n1cc(C2CCC(CCN3CCC(c4ccc(N5CCC(=O)NC5=O)cc4)C3)CC2)nn1. The average molecular weight is 724 g/mol. The second-order valence-corrected chi connectivity index (χ2v) is 14.6. The van der Waals surface area contributed by atoms with E-state index in [1.807, 2.05) is 24.4 Å². The van der Waals surface area contributed by atoms with Gasteiger partial charge in [0.1, 0.15) is 17.8 Å². The van der Waals surface area contributed by atoms with Gasteiger partial charge in [0.15, 0.2) is 11.5 Å². The van der Waals surface area contributed by atoms with Crippen molar-refractivity contribution in [2.24, 2.45) is 5.92 Å². The molecule has 2 N–H and O–H groups in total. The molecule has 3 amide bonds. The lowest BCUT2D eigenvalue weighted by atomic mass is 9.79. The van der Waals surface area contributed by atoms with Gasteiger partial charge in [-0.05, 0) is 94.1 Å². The molecule has 54 heavy (non-hydrogen) atoms. The van der Waals surface area contributed by atoms with Crippen LogP contribution in [0.5, 0.6) is 0 Å². The van der Waals surface area contributed by atoms with Gasteiger partial charge in [0.25, 0.3) is 0 Å². The standard InChI is InChI=1S/C39H41N13O2/c1-25(18-40)45-33-17-36(52-38-31(21-44-52)16-27(19-41)20-43-38)42-22-35(33)51-24-34(47-48-51)29-4-2-26(3-5-29)10-13-49-14-11-30(23-49)28-6-8-32(9-7-28)50-15-12-37(53)46-39(50)54/h6-9,16-17,20-22,24-26,29-30H,2-5,10-15,23H2,1H3,(H,42,45)(H,46,53,54)/t25-,26?,29?,30?/m1/s1. The molecule has 1 unspecified atom stereocenters. The van der Waals surface area contributed by atoms with Crippen LogP contribution in [0.15, 0.2) is 61.2 Å². The molecule has 2 saturated heterocycles. The minimum absolute atomic E-state index is 0.220. The van der Waals surface area contributed by atoms with Crippen molar-refractivity contribution in [1.82, 2.24) is 45.0 Å². The van der Waals surface area contributed by atoms with Crippen LogP contribution in [0.25, 0.3) is 22.5 Å². The van der Waals surface area contributed by atoms with E-state index in [9.17, 15) is 20.1 Å². The number of benzene rings is 1. The van der Waals surface area contributed by atoms with Gasteiger partial charge in [0.2, 0.25) is 5.91 Å². The molecule has 1 aliphatic carbocycles. The molecular formula is C39H41N13O2. The molecule has 1 saturated carbocycles. The number of rotatable bonds is 10. The van der Waals surface area contributed by atoms with Gasteiger partial charge in [-0.3, -0.25) is 15.0 Å². The molecule has 2 aliphatic heterocycles. The van der Waals surface area contributed by atoms with Crippen molar-refractivity contribution in [2.45, 2.75) is 69.7 Å². The molecule has 1 aromatic carbocycles. The number of hydrogen-bond donors (Lipinski definition) is 2. The molecule has 274 valence electrons. The van der Waals surface area contributed by atoms with Crippen molar-refractivity contribution in [3.8, 4) is 23.6 Å². The van der Waals surface area contributed by atoms with Gasteiger partial charge in [0.05, 0.1) is 41.6 Å². The Balaban J connectivity index is 0.857. The lowest BCUT2D eigenvalue weighted by Gasteiger charge is -2.28. The maximum Gasteiger partial charge on any atom is 0.328 e. The van der Waals surface area contributed by atoms with Crippen LogP contribution in [0.1, 0.15) is 80.5 Å². The first kappa shape index (κ1) is 34.9. The summed E-state index contributed by atoms with van der Waals surface area (Å²) in [6, 6.07) is 15.3. The van der Waals surface area contributed by atoms with Crippen LogP contribution in [-0.4, -0.2) is 83.8 Å². The van der Waals surface area contributed by atoms with Crippen molar-refractivity contribution in [3.63, 3.8) is 0 Å². The van der Waals surface area contributed by atoms with Crippen LogP contribution in [0.3, 0.4) is 0 Å². The highest BCUT2D eigenvalue weighted by Crippen LogP contribution is 2.38. The number of aromatic nitrogens is 7. The molecule has 8 rings (SSSR count). The summed E-state index contributed by atoms with van der Waals surface area (Å²) in [7, 11) is 0. The monoisotopic (exact) mass is 723 g/mol. The molecule has 4 aromatic heterocycles. The van der Waals surface area contributed by atoms with Gasteiger partial charge in [-0.2, -0.15) is 20.3 Å². The van der Waals surface area contributed by atoms with E-state index in [1.165, 1.54) is 18.2 Å². The topological polar surface area (TPSA) is 187 Å². The quantitative estimate of drug-likeness (QED) is 0.193. The predicted octanol–water partition coefficient (Wildman–Crippen LogP) is 5.19. The number of likely N-dealkylation sites (tertiary alicyclic amines) is 1. The number of nitriles is 2. The third-order valence-electron chi connectivity index (χ3n) is 11.1. The molecule has 15 nitrogen and oxygen atoms in total. The zero-order chi connectivity index (χ0) is 37.2.